The van der Waals surface area contributed by atoms with Gasteiger partial charge in [0.2, 0.25) is 0 Å². The summed E-state index contributed by atoms with van der Waals surface area (Å²) in [5.74, 6) is -1.08. The third-order valence-electron chi connectivity index (χ3n) is 3.28. The Bertz CT molecular complexity index is 573. The fraction of sp³-hybridized carbons (Fsp3) is 0.400. The summed E-state index contributed by atoms with van der Waals surface area (Å²) < 4.78 is 29.0. The zero-order valence-corrected chi connectivity index (χ0v) is 11.7. The molecule has 0 saturated heterocycles. The average Bonchev–Trinajstić information content (AvgIpc) is 2.74. The van der Waals surface area contributed by atoms with Gasteiger partial charge in [0.25, 0.3) is 0 Å². The van der Waals surface area contributed by atoms with E-state index in [4.69, 9.17) is 5.73 Å². The summed E-state index contributed by atoms with van der Waals surface area (Å²) in [6, 6.07) is 5.48. The van der Waals surface area contributed by atoms with Crippen molar-refractivity contribution in [3.63, 3.8) is 0 Å². The molecule has 0 spiro atoms. The van der Waals surface area contributed by atoms with E-state index >= 15 is 0 Å². The monoisotopic (exact) mass is 279 g/mol. The molecule has 1 atom stereocenters. The van der Waals surface area contributed by atoms with Crippen LogP contribution in [0.25, 0.3) is 0 Å². The predicted octanol–water partition coefficient (Wildman–Crippen LogP) is 2.60. The lowest BCUT2D eigenvalue weighted by Crippen LogP contribution is -2.27. The second kappa shape index (κ2) is 6.13. The molecule has 0 aliphatic heterocycles. The lowest BCUT2D eigenvalue weighted by atomic mass is 10.0. The number of halogens is 2. The summed E-state index contributed by atoms with van der Waals surface area (Å²) in [5, 5.41) is 4.34. The van der Waals surface area contributed by atoms with Crippen LogP contribution in [0.15, 0.2) is 24.3 Å². The van der Waals surface area contributed by atoms with E-state index in [1.54, 1.807) is 0 Å². The maximum Gasteiger partial charge on any atom is 0.129 e. The average molecular weight is 279 g/mol. The molecule has 20 heavy (non-hydrogen) atoms. The van der Waals surface area contributed by atoms with Crippen molar-refractivity contribution in [1.82, 2.24) is 9.78 Å². The molecule has 1 heterocycles. The van der Waals surface area contributed by atoms with E-state index in [1.807, 2.05) is 24.6 Å². The quantitative estimate of drug-likeness (QED) is 0.914. The molecule has 5 heteroatoms. The Morgan fingerprint density at radius 1 is 1.25 bits per heavy atom. The number of hydrogen-bond donors (Lipinski definition) is 1. The first-order valence-electron chi connectivity index (χ1n) is 6.73. The van der Waals surface area contributed by atoms with Crippen LogP contribution in [0.1, 0.15) is 23.9 Å². The van der Waals surface area contributed by atoms with Gasteiger partial charge in [-0.3, -0.25) is 4.68 Å². The van der Waals surface area contributed by atoms with Gasteiger partial charge in [0.05, 0.1) is 5.69 Å². The Labute approximate surface area is 117 Å². The van der Waals surface area contributed by atoms with Gasteiger partial charge in [-0.15, -0.1) is 0 Å². The van der Waals surface area contributed by atoms with Crippen molar-refractivity contribution < 1.29 is 8.78 Å². The molecular weight excluding hydrogens is 260 g/mol. The molecule has 2 rings (SSSR count). The predicted molar refractivity (Wildman–Crippen MR) is 74.4 cm³/mol. The fourth-order valence-corrected chi connectivity index (χ4v) is 2.37. The Balaban J connectivity index is 2.11. The summed E-state index contributed by atoms with van der Waals surface area (Å²) in [6.07, 6.45) is 0.717. The van der Waals surface area contributed by atoms with Gasteiger partial charge in [-0.2, -0.15) is 5.10 Å². The maximum absolute atomic E-state index is 13.6. The van der Waals surface area contributed by atoms with Gasteiger partial charge >= 0.3 is 0 Å². The summed E-state index contributed by atoms with van der Waals surface area (Å²) in [5.41, 5.74) is 8.01. The van der Waals surface area contributed by atoms with E-state index in [2.05, 4.69) is 5.10 Å². The van der Waals surface area contributed by atoms with Crippen LogP contribution < -0.4 is 5.73 Å². The number of aryl methyl sites for hydroxylation is 2. The normalized spacial score (nSPS) is 12.7. The van der Waals surface area contributed by atoms with Crippen molar-refractivity contribution in [2.45, 2.75) is 39.3 Å². The van der Waals surface area contributed by atoms with E-state index in [-0.39, 0.29) is 18.0 Å². The van der Waals surface area contributed by atoms with E-state index in [9.17, 15) is 8.78 Å². The Hall–Kier alpha value is -1.75. The molecule has 1 aromatic carbocycles. The van der Waals surface area contributed by atoms with Crippen LogP contribution >= 0.6 is 0 Å². The van der Waals surface area contributed by atoms with Crippen molar-refractivity contribution in [2.24, 2.45) is 5.73 Å². The van der Waals surface area contributed by atoms with Gasteiger partial charge in [0.1, 0.15) is 11.6 Å². The molecule has 0 fully saturated rings. The number of benzene rings is 1. The minimum Gasteiger partial charge on any atom is -0.327 e. The molecule has 0 aliphatic carbocycles. The number of nitrogens with zero attached hydrogens (tertiary/aromatic N) is 2. The first kappa shape index (κ1) is 14.7. The Morgan fingerprint density at radius 2 is 1.90 bits per heavy atom. The number of hydrogen-bond acceptors (Lipinski definition) is 2. The molecule has 2 aromatic rings. The van der Waals surface area contributed by atoms with Crippen LogP contribution in [0.5, 0.6) is 0 Å². The Morgan fingerprint density at radius 3 is 2.50 bits per heavy atom. The van der Waals surface area contributed by atoms with Crippen molar-refractivity contribution in [3.8, 4) is 0 Å². The minimum absolute atomic E-state index is 0.0549. The molecule has 0 bridgehead atoms. The highest BCUT2D eigenvalue weighted by Crippen LogP contribution is 2.15. The summed E-state index contributed by atoms with van der Waals surface area (Å²) in [6.45, 7) is 4.67. The molecule has 0 amide bonds. The van der Waals surface area contributed by atoms with Crippen LogP contribution in [0, 0.1) is 18.6 Å². The Kier molecular flexibility index (Phi) is 4.49. The maximum atomic E-state index is 13.6. The second-order valence-corrected chi connectivity index (χ2v) is 4.96. The fourth-order valence-electron chi connectivity index (χ4n) is 2.37. The summed E-state index contributed by atoms with van der Waals surface area (Å²) in [4.78, 5) is 0. The topological polar surface area (TPSA) is 43.8 Å². The lowest BCUT2D eigenvalue weighted by molar-refractivity contribution is 0.523. The van der Waals surface area contributed by atoms with Crippen molar-refractivity contribution in [2.75, 3.05) is 0 Å². The number of aromatic nitrogens is 2. The van der Waals surface area contributed by atoms with E-state index in [0.29, 0.717) is 6.42 Å². The zero-order chi connectivity index (χ0) is 14.7. The molecule has 0 aliphatic rings. The number of rotatable bonds is 5. The van der Waals surface area contributed by atoms with Gasteiger partial charge in [0.15, 0.2) is 0 Å². The van der Waals surface area contributed by atoms with E-state index in [1.165, 1.54) is 18.2 Å². The smallest absolute Gasteiger partial charge is 0.129 e. The van der Waals surface area contributed by atoms with Gasteiger partial charge in [-0.1, -0.05) is 6.07 Å². The van der Waals surface area contributed by atoms with E-state index < -0.39 is 11.6 Å². The molecule has 3 nitrogen and oxygen atoms in total. The number of nitrogens with two attached hydrogens (primary N) is 1. The SMILES string of the molecule is CCn1nc(C)cc1CC(N)Cc1c(F)cccc1F. The van der Waals surface area contributed by atoms with Gasteiger partial charge < -0.3 is 5.73 Å². The molecule has 108 valence electrons. The van der Waals surface area contributed by atoms with Crippen LogP contribution in [0.2, 0.25) is 0 Å². The molecule has 1 aromatic heterocycles. The third-order valence-corrected chi connectivity index (χ3v) is 3.28. The molecule has 0 saturated carbocycles. The highest BCUT2D eigenvalue weighted by Gasteiger charge is 2.15. The minimum atomic E-state index is -0.541. The van der Waals surface area contributed by atoms with Gasteiger partial charge in [-0.05, 0) is 38.5 Å². The highest BCUT2D eigenvalue weighted by atomic mass is 19.1. The van der Waals surface area contributed by atoms with Crippen LogP contribution in [-0.4, -0.2) is 15.8 Å². The molecule has 0 radical (unpaired) electrons. The molecular formula is C15H19F2N3. The van der Waals surface area contributed by atoms with Crippen LogP contribution in [0.3, 0.4) is 0 Å². The van der Waals surface area contributed by atoms with Gasteiger partial charge in [-0.25, -0.2) is 8.78 Å². The van der Waals surface area contributed by atoms with Crippen molar-refractivity contribution in [3.05, 3.63) is 52.9 Å². The van der Waals surface area contributed by atoms with Crippen molar-refractivity contribution >= 4 is 0 Å². The zero-order valence-electron chi connectivity index (χ0n) is 11.7. The summed E-state index contributed by atoms with van der Waals surface area (Å²) in [7, 11) is 0. The third kappa shape index (κ3) is 3.22. The molecule has 2 N–H and O–H groups in total. The first-order valence-corrected chi connectivity index (χ1v) is 6.73. The van der Waals surface area contributed by atoms with Gasteiger partial charge in [0, 0.05) is 30.3 Å². The van der Waals surface area contributed by atoms with E-state index in [0.717, 1.165) is 17.9 Å². The second-order valence-electron chi connectivity index (χ2n) is 4.96. The largest absolute Gasteiger partial charge is 0.327 e. The highest BCUT2D eigenvalue weighted by molar-refractivity contribution is 5.21. The van der Waals surface area contributed by atoms with Crippen LogP contribution in [-0.2, 0) is 19.4 Å². The standard InChI is InChI=1S/C15H19F2N3/c1-3-20-12(7-10(2)19-20)8-11(18)9-13-14(16)5-4-6-15(13)17/h4-7,11H,3,8-9,18H2,1-2H3. The van der Waals surface area contributed by atoms with Crippen LogP contribution in [0.4, 0.5) is 8.78 Å². The molecule has 1 unspecified atom stereocenters. The summed E-state index contributed by atoms with van der Waals surface area (Å²) >= 11 is 0. The first-order chi connectivity index (χ1) is 9.51. The lowest BCUT2D eigenvalue weighted by Gasteiger charge is -2.13. The van der Waals surface area contributed by atoms with Crippen molar-refractivity contribution in [1.29, 1.82) is 0 Å².